The molecule has 7 nitrogen and oxygen atoms in total. The van der Waals surface area contributed by atoms with Crippen LogP contribution in [0.5, 0.6) is 0 Å². The first-order valence-electron chi connectivity index (χ1n) is 8.60. The number of methoxy groups -OCH3 is 1. The number of nitrogens with one attached hydrogen (secondary N) is 1. The fourth-order valence-corrected chi connectivity index (χ4v) is 3.37. The summed E-state index contributed by atoms with van der Waals surface area (Å²) in [6.07, 6.45) is 0.289. The number of hydrogen-bond donors (Lipinski definition) is 1. The number of thiophene rings is 1. The van der Waals surface area contributed by atoms with Crippen molar-refractivity contribution in [1.82, 2.24) is 15.1 Å². The molecule has 0 saturated heterocycles. The van der Waals surface area contributed by atoms with Gasteiger partial charge in [0.1, 0.15) is 18.3 Å². The number of carbonyl (C=O) groups is 2. The van der Waals surface area contributed by atoms with Crippen LogP contribution in [0, 0.1) is 0 Å². The molecule has 2 heterocycles. The van der Waals surface area contributed by atoms with Gasteiger partial charge in [-0.2, -0.15) is 5.10 Å². The Morgan fingerprint density at radius 2 is 1.93 bits per heavy atom. The molecule has 0 unspecified atom stereocenters. The molecule has 8 heteroatoms. The number of esters is 1. The van der Waals surface area contributed by atoms with E-state index in [1.807, 2.05) is 47.8 Å². The molecular formula is C20H19N3O4S. The molecule has 0 fully saturated rings. The smallest absolute Gasteiger partial charge is 0.328 e. The third kappa shape index (κ3) is 4.92. The molecule has 0 saturated carbocycles. The van der Waals surface area contributed by atoms with Gasteiger partial charge in [-0.3, -0.25) is 9.59 Å². The third-order valence-corrected chi connectivity index (χ3v) is 4.93. The lowest BCUT2D eigenvalue weighted by Gasteiger charge is -2.17. The summed E-state index contributed by atoms with van der Waals surface area (Å²) in [5.41, 5.74) is 1.09. The molecule has 1 aromatic carbocycles. The van der Waals surface area contributed by atoms with Crippen LogP contribution in [0.2, 0.25) is 0 Å². The third-order valence-electron chi connectivity index (χ3n) is 4.04. The summed E-state index contributed by atoms with van der Waals surface area (Å²) < 4.78 is 5.88. The van der Waals surface area contributed by atoms with Gasteiger partial charge >= 0.3 is 5.97 Å². The Balaban J connectivity index is 1.73. The van der Waals surface area contributed by atoms with Crippen LogP contribution in [-0.2, 0) is 27.3 Å². The maximum atomic E-state index is 12.5. The highest BCUT2D eigenvalue weighted by molar-refractivity contribution is 7.13. The molecule has 1 amide bonds. The molecule has 2 aromatic heterocycles. The fraction of sp³-hybridized carbons (Fsp3) is 0.200. The summed E-state index contributed by atoms with van der Waals surface area (Å²) >= 11 is 1.49. The molecular weight excluding hydrogens is 378 g/mol. The first-order chi connectivity index (χ1) is 13.6. The Labute approximate surface area is 165 Å². The van der Waals surface area contributed by atoms with Crippen LogP contribution >= 0.6 is 11.3 Å². The van der Waals surface area contributed by atoms with Crippen LogP contribution in [-0.4, -0.2) is 34.8 Å². The highest BCUT2D eigenvalue weighted by Gasteiger charge is 2.22. The molecule has 0 radical (unpaired) electrons. The van der Waals surface area contributed by atoms with Gasteiger partial charge in [0.2, 0.25) is 5.91 Å². The maximum Gasteiger partial charge on any atom is 0.328 e. The van der Waals surface area contributed by atoms with Gasteiger partial charge in [0.25, 0.3) is 5.56 Å². The van der Waals surface area contributed by atoms with Crippen molar-refractivity contribution < 1.29 is 14.3 Å². The summed E-state index contributed by atoms with van der Waals surface area (Å²) in [5.74, 6) is -1.05. The van der Waals surface area contributed by atoms with Crippen LogP contribution in [0.15, 0.2) is 64.8 Å². The molecule has 0 aliphatic heterocycles. The normalized spacial score (nSPS) is 11.6. The Kier molecular flexibility index (Phi) is 6.33. The second kappa shape index (κ2) is 9.09. The lowest BCUT2D eigenvalue weighted by Crippen LogP contribution is -2.45. The Morgan fingerprint density at radius 3 is 2.61 bits per heavy atom. The highest BCUT2D eigenvalue weighted by atomic mass is 32.1. The molecule has 1 atom stereocenters. The Hall–Kier alpha value is -3.26. The topological polar surface area (TPSA) is 90.3 Å². The van der Waals surface area contributed by atoms with E-state index in [1.165, 1.54) is 24.5 Å². The average molecular weight is 397 g/mol. The van der Waals surface area contributed by atoms with Gasteiger partial charge in [-0.25, -0.2) is 9.48 Å². The van der Waals surface area contributed by atoms with Crippen molar-refractivity contribution in [2.75, 3.05) is 7.11 Å². The highest BCUT2D eigenvalue weighted by Crippen LogP contribution is 2.21. The number of carbonyl (C=O) groups excluding carboxylic acids is 2. The molecule has 1 N–H and O–H groups in total. The molecule has 0 aliphatic rings. The molecule has 0 bridgehead atoms. The van der Waals surface area contributed by atoms with E-state index in [-0.39, 0.29) is 13.0 Å². The molecule has 28 heavy (non-hydrogen) atoms. The van der Waals surface area contributed by atoms with Crippen LogP contribution in [0.4, 0.5) is 0 Å². The van der Waals surface area contributed by atoms with E-state index in [9.17, 15) is 14.4 Å². The summed E-state index contributed by atoms with van der Waals surface area (Å²) in [7, 11) is 1.27. The predicted octanol–water partition coefficient (Wildman–Crippen LogP) is 1.87. The number of benzene rings is 1. The molecule has 0 aliphatic carbocycles. The fourth-order valence-electron chi connectivity index (χ4n) is 2.68. The van der Waals surface area contributed by atoms with Gasteiger partial charge in [0.15, 0.2) is 0 Å². The van der Waals surface area contributed by atoms with Crippen molar-refractivity contribution in [3.05, 3.63) is 75.9 Å². The van der Waals surface area contributed by atoms with E-state index in [0.717, 1.165) is 15.1 Å². The van der Waals surface area contributed by atoms with Gasteiger partial charge in [-0.05, 0) is 23.1 Å². The number of rotatable bonds is 7. The van der Waals surface area contributed by atoms with Crippen molar-refractivity contribution >= 4 is 23.2 Å². The minimum absolute atomic E-state index is 0.289. The second-order valence-electron chi connectivity index (χ2n) is 6.02. The Morgan fingerprint density at radius 1 is 1.14 bits per heavy atom. The minimum Gasteiger partial charge on any atom is -0.467 e. The Bertz CT molecular complexity index is 1000. The van der Waals surface area contributed by atoms with Crippen molar-refractivity contribution in [1.29, 1.82) is 0 Å². The number of amides is 1. The molecule has 3 rings (SSSR count). The van der Waals surface area contributed by atoms with Crippen molar-refractivity contribution in [3.63, 3.8) is 0 Å². The second-order valence-corrected chi connectivity index (χ2v) is 6.97. The SMILES string of the molecule is COC(=O)[C@H](Cc1ccccc1)NC(=O)Cn1nc(-c2cccs2)ccc1=O. The standard InChI is InChI=1S/C20H19N3O4S/c1-27-20(26)16(12-14-6-3-2-4-7-14)21-18(24)13-23-19(25)10-9-15(22-23)17-8-5-11-28-17/h2-11,16H,12-13H2,1H3,(H,21,24)/t16-/m0/s1. The lowest BCUT2D eigenvalue weighted by molar-refractivity contribution is -0.145. The van der Waals surface area contributed by atoms with E-state index >= 15 is 0 Å². The summed E-state index contributed by atoms with van der Waals surface area (Å²) in [6.45, 7) is -0.291. The summed E-state index contributed by atoms with van der Waals surface area (Å²) in [6, 6.07) is 15.2. The molecule has 144 valence electrons. The van der Waals surface area contributed by atoms with Gasteiger partial charge < -0.3 is 10.1 Å². The van der Waals surface area contributed by atoms with Gasteiger partial charge in [0.05, 0.1) is 12.0 Å². The first-order valence-corrected chi connectivity index (χ1v) is 9.48. The number of aromatic nitrogens is 2. The maximum absolute atomic E-state index is 12.5. The van der Waals surface area contributed by atoms with E-state index in [1.54, 1.807) is 6.07 Å². The predicted molar refractivity (Wildman–Crippen MR) is 106 cm³/mol. The largest absolute Gasteiger partial charge is 0.467 e. The zero-order chi connectivity index (χ0) is 19.9. The lowest BCUT2D eigenvalue weighted by atomic mass is 10.1. The number of hydrogen-bond acceptors (Lipinski definition) is 6. The zero-order valence-electron chi connectivity index (χ0n) is 15.2. The van der Waals surface area contributed by atoms with Gasteiger partial charge in [0, 0.05) is 12.5 Å². The van der Waals surface area contributed by atoms with Crippen LogP contribution in [0.3, 0.4) is 0 Å². The summed E-state index contributed by atoms with van der Waals surface area (Å²) in [5, 5.41) is 8.79. The van der Waals surface area contributed by atoms with Crippen LogP contribution < -0.4 is 10.9 Å². The zero-order valence-corrected chi connectivity index (χ0v) is 16.0. The monoisotopic (exact) mass is 397 g/mol. The van der Waals surface area contributed by atoms with Crippen LogP contribution in [0.25, 0.3) is 10.6 Å². The minimum atomic E-state index is -0.851. The first kappa shape index (κ1) is 19.5. The van der Waals surface area contributed by atoms with Gasteiger partial charge in [-0.1, -0.05) is 36.4 Å². The number of ether oxygens (including phenoxy) is 1. The van der Waals surface area contributed by atoms with Crippen molar-refractivity contribution in [2.24, 2.45) is 0 Å². The molecule has 0 spiro atoms. The van der Waals surface area contributed by atoms with Crippen molar-refractivity contribution in [2.45, 2.75) is 19.0 Å². The quantitative estimate of drug-likeness (QED) is 0.615. The van der Waals surface area contributed by atoms with E-state index in [4.69, 9.17) is 4.74 Å². The summed E-state index contributed by atoms with van der Waals surface area (Å²) in [4.78, 5) is 37.5. The van der Waals surface area contributed by atoms with Crippen LogP contribution in [0.1, 0.15) is 5.56 Å². The molecule has 3 aromatic rings. The van der Waals surface area contributed by atoms with E-state index in [2.05, 4.69) is 10.4 Å². The van der Waals surface area contributed by atoms with Gasteiger partial charge in [-0.15, -0.1) is 11.3 Å². The van der Waals surface area contributed by atoms with Crippen molar-refractivity contribution in [3.8, 4) is 10.6 Å². The number of nitrogens with zero attached hydrogens (tertiary/aromatic N) is 2. The van der Waals surface area contributed by atoms with E-state index < -0.39 is 23.5 Å². The average Bonchev–Trinajstić information content (AvgIpc) is 3.24. The van der Waals surface area contributed by atoms with E-state index in [0.29, 0.717) is 5.69 Å².